The number of nitrogens with one attached hydrogen (secondary N) is 1. The van der Waals surface area contributed by atoms with Crippen LogP contribution in [0.15, 0.2) is 47.6 Å². The molecule has 0 bridgehead atoms. The first-order valence-electron chi connectivity index (χ1n) is 9.77. The Bertz CT molecular complexity index is 936. The Kier molecular flexibility index (Phi) is 6.90. The van der Waals surface area contributed by atoms with Crippen molar-refractivity contribution in [1.82, 2.24) is 10.3 Å². The minimum Gasteiger partial charge on any atom is -0.484 e. The molecule has 2 amide bonds. The highest BCUT2D eigenvalue weighted by Crippen LogP contribution is 2.32. The third-order valence-electron chi connectivity index (χ3n) is 4.71. The number of nitrogens with zero attached hydrogens (tertiary/aromatic N) is 2. The molecule has 2 aromatic carbocycles. The van der Waals surface area contributed by atoms with Gasteiger partial charge in [0.2, 0.25) is 6.79 Å². The third-order valence-corrected chi connectivity index (χ3v) is 4.71. The molecule has 0 radical (unpaired) electrons. The molecule has 2 aromatic rings. The zero-order valence-corrected chi connectivity index (χ0v) is 17.3. The summed E-state index contributed by atoms with van der Waals surface area (Å²) in [4.78, 5) is 26.0. The van der Waals surface area contributed by atoms with Crippen molar-refractivity contribution in [3.05, 3.63) is 53.6 Å². The molecule has 8 nitrogen and oxygen atoms in total. The largest absolute Gasteiger partial charge is 0.484 e. The van der Waals surface area contributed by atoms with Crippen LogP contribution in [-0.2, 0) is 4.79 Å². The van der Waals surface area contributed by atoms with Gasteiger partial charge in [-0.05, 0) is 68.8 Å². The molecule has 0 aliphatic carbocycles. The van der Waals surface area contributed by atoms with Crippen molar-refractivity contribution in [3.8, 4) is 17.2 Å². The van der Waals surface area contributed by atoms with Gasteiger partial charge in [0, 0.05) is 18.7 Å². The van der Waals surface area contributed by atoms with Crippen molar-refractivity contribution in [2.24, 2.45) is 5.10 Å². The maximum Gasteiger partial charge on any atom is 0.271 e. The number of hydrogen-bond donors (Lipinski definition) is 1. The molecule has 30 heavy (non-hydrogen) atoms. The van der Waals surface area contributed by atoms with Crippen molar-refractivity contribution in [2.75, 3.05) is 26.5 Å². The number of carbonyl (C=O) groups excluding carboxylic acids is 2. The molecule has 3 rings (SSSR count). The van der Waals surface area contributed by atoms with Crippen LogP contribution in [0.3, 0.4) is 0 Å². The Hall–Kier alpha value is -3.55. The van der Waals surface area contributed by atoms with E-state index >= 15 is 0 Å². The Morgan fingerprint density at radius 2 is 1.70 bits per heavy atom. The molecule has 1 heterocycles. The fourth-order valence-electron chi connectivity index (χ4n) is 2.91. The monoisotopic (exact) mass is 411 g/mol. The lowest BCUT2D eigenvalue weighted by atomic mass is 10.1. The number of hydrazone groups is 1. The second-order valence-electron chi connectivity index (χ2n) is 6.59. The van der Waals surface area contributed by atoms with Gasteiger partial charge in [0.1, 0.15) is 5.75 Å². The number of carbonyl (C=O) groups is 2. The number of hydrogen-bond acceptors (Lipinski definition) is 6. The summed E-state index contributed by atoms with van der Waals surface area (Å²) in [6.45, 7) is 7.13. The van der Waals surface area contributed by atoms with Crippen molar-refractivity contribution < 1.29 is 23.8 Å². The van der Waals surface area contributed by atoms with Crippen molar-refractivity contribution in [3.63, 3.8) is 0 Å². The molecule has 0 atom stereocenters. The highest BCUT2D eigenvalue weighted by Gasteiger charge is 2.16. The van der Waals surface area contributed by atoms with Gasteiger partial charge in [0.05, 0.1) is 5.71 Å². The van der Waals surface area contributed by atoms with Gasteiger partial charge in [-0.15, -0.1) is 0 Å². The van der Waals surface area contributed by atoms with Gasteiger partial charge < -0.3 is 19.1 Å². The number of benzene rings is 2. The van der Waals surface area contributed by atoms with E-state index < -0.39 is 0 Å². The smallest absolute Gasteiger partial charge is 0.271 e. The number of rotatable bonds is 8. The van der Waals surface area contributed by atoms with E-state index in [2.05, 4.69) is 10.5 Å². The molecule has 158 valence electrons. The van der Waals surface area contributed by atoms with Crippen LogP contribution >= 0.6 is 0 Å². The van der Waals surface area contributed by atoms with E-state index in [0.717, 1.165) is 5.56 Å². The Morgan fingerprint density at radius 1 is 1.03 bits per heavy atom. The first kappa shape index (κ1) is 21.2. The molecule has 1 aliphatic heterocycles. The van der Waals surface area contributed by atoms with Gasteiger partial charge in [-0.2, -0.15) is 5.10 Å². The Labute approximate surface area is 175 Å². The summed E-state index contributed by atoms with van der Waals surface area (Å²) >= 11 is 0. The van der Waals surface area contributed by atoms with Crippen LogP contribution in [0.1, 0.15) is 36.7 Å². The standard InChI is InChI=1S/C22H25N3O5/c1-4-25(5-2)21(26)13-28-18-9-6-16(7-10-18)15(3)23-24-22(27)17-8-11-19-20(12-17)30-14-29-19/h6-12H,4-5,13-14H2,1-3H3,(H,24,27)/b23-15-. The molecule has 0 saturated carbocycles. The highest BCUT2D eigenvalue weighted by atomic mass is 16.7. The lowest BCUT2D eigenvalue weighted by molar-refractivity contribution is -0.132. The van der Waals surface area contributed by atoms with Gasteiger partial charge in [0.15, 0.2) is 18.1 Å². The zero-order valence-electron chi connectivity index (χ0n) is 17.3. The van der Waals surface area contributed by atoms with Crippen LogP contribution in [-0.4, -0.2) is 48.9 Å². The van der Waals surface area contributed by atoms with E-state index in [1.165, 1.54) is 0 Å². The number of amides is 2. The van der Waals surface area contributed by atoms with E-state index in [9.17, 15) is 9.59 Å². The first-order valence-corrected chi connectivity index (χ1v) is 9.77. The average molecular weight is 411 g/mol. The highest BCUT2D eigenvalue weighted by molar-refractivity contribution is 6.01. The van der Waals surface area contributed by atoms with E-state index in [0.29, 0.717) is 41.6 Å². The summed E-state index contributed by atoms with van der Waals surface area (Å²) in [5.41, 5.74) is 4.42. The van der Waals surface area contributed by atoms with Gasteiger partial charge in [-0.1, -0.05) is 0 Å². The topological polar surface area (TPSA) is 89.5 Å². The van der Waals surface area contributed by atoms with Gasteiger partial charge >= 0.3 is 0 Å². The molecule has 0 fully saturated rings. The van der Waals surface area contributed by atoms with E-state index in [1.807, 2.05) is 26.0 Å². The Balaban J connectivity index is 1.56. The maximum absolute atomic E-state index is 12.3. The molecule has 0 spiro atoms. The minimum atomic E-state index is -0.345. The summed E-state index contributed by atoms with van der Waals surface area (Å²) in [7, 11) is 0. The average Bonchev–Trinajstić information content (AvgIpc) is 3.25. The second kappa shape index (κ2) is 9.78. The van der Waals surface area contributed by atoms with Gasteiger partial charge in [-0.25, -0.2) is 5.43 Å². The predicted octanol–water partition coefficient (Wildman–Crippen LogP) is 2.82. The molecule has 1 aliphatic rings. The summed E-state index contributed by atoms with van der Waals surface area (Å²) in [6.07, 6.45) is 0. The number of likely N-dealkylation sites (N-methyl/N-ethyl adjacent to an activating group) is 1. The summed E-state index contributed by atoms with van der Waals surface area (Å²) < 4.78 is 16.1. The fourth-order valence-corrected chi connectivity index (χ4v) is 2.91. The molecule has 0 aromatic heterocycles. The molecule has 0 saturated heterocycles. The van der Waals surface area contributed by atoms with Gasteiger partial charge in [-0.3, -0.25) is 9.59 Å². The quantitative estimate of drug-likeness (QED) is 0.533. The molecule has 8 heteroatoms. The molecule has 1 N–H and O–H groups in total. The summed E-state index contributed by atoms with van der Waals surface area (Å²) in [5, 5.41) is 4.16. The van der Waals surface area contributed by atoms with E-state index in [-0.39, 0.29) is 25.2 Å². The fraction of sp³-hybridized carbons (Fsp3) is 0.318. The molecular formula is C22H25N3O5. The summed E-state index contributed by atoms with van der Waals surface area (Å²) in [6, 6.07) is 12.1. The molecule has 0 unspecified atom stereocenters. The van der Waals surface area contributed by atoms with Crippen molar-refractivity contribution in [2.45, 2.75) is 20.8 Å². The first-order chi connectivity index (χ1) is 14.5. The van der Waals surface area contributed by atoms with Crippen LogP contribution in [0.2, 0.25) is 0 Å². The van der Waals surface area contributed by atoms with Crippen molar-refractivity contribution >= 4 is 17.5 Å². The van der Waals surface area contributed by atoms with Crippen LogP contribution in [0.4, 0.5) is 0 Å². The SMILES string of the molecule is CCN(CC)C(=O)COc1ccc(/C(C)=N\NC(=O)c2ccc3c(c2)OCO3)cc1. The summed E-state index contributed by atoms with van der Waals surface area (Å²) in [5.74, 6) is 1.36. The lowest BCUT2D eigenvalue weighted by Gasteiger charge is -2.18. The normalized spacial score (nSPS) is 12.4. The number of ether oxygens (including phenoxy) is 3. The zero-order chi connectivity index (χ0) is 21.5. The van der Waals surface area contributed by atoms with E-state index in [1.54, 1.807) is 42.2 Å². The predicted molar refractivity (Wildman–Crippen MR) is 112 cm³/mol. The minimum absolute atomic E-state index is 0.000310. The van der Waals surface area contributed by atoms with Crippen LogP contribution < -0.4 is 19.6 Å². The van der Waals surface area contributed by atoms with E-state index in [4.69, 9.17) is 14.2 Å². The van der Waals surface area contributed by atoms with Crippen LogP contribution in [0.5, 0.6) is 17.2 Å². The maximum atomic E-state index is 12.3. The third kappa shape index (κ3) is 5.08. The molecular weight excluding hydrogens is 386 g/mol. The second-order valence-corrected chi connectivity index (χ2v) is 6.59. The lowest BCUT2D eigenvalue weighted by Crippen LogP contribution is -2.34. The number of fused-ring (bicyclic) bond motifs is 1. The Morgan fingerprint density at radius 3 is 2.40 bits per heavy atom. The van der Waals surface area contributed by atoms with Crippen LogP contribution in [0.25, 0.3) is 0 Å². The van der Waals surface area contributed by atoms with Crippen molar-refractivity contribution in [1.29, 1.82) is 0 Å². The van der Waals surface area contributed by atoms with Crippen LogP contribution in [0, 0.1) is 0 Å². The van der Waals surface area contributed by atoms with Gasteiger partial charge in [0.25, 0.3) is 11.8 Å².